The molecule has 8 nitrogen and oxygen atoms in total. The SMILES string of the molecule is CCOC(=O)c1ccc2nc(NC(=O)CCCS(=O)(=O)c3ccc(OC)cc3)sc2c1. The molecule has 3 aromatic rings. The Hall–Kier alpha value is -2.98. The van der Waals surface area contributed by atoms with Crippen LogP contribution in [0.4, 0.5) is 5.13 Å². The maximum Gasteiger partial charge on any atom is 0.338 e. The molecule has 1 heterocycles. The highest BCUT2D eigenvalue weighted by Crippen LogP contribution is 2.27. The number of nitrogens with one attached hydrogen (secondary N) is 1. The van der Waals surface area contributed by atoms with Crippen molar-refractivity contribution in [2.45, 2.75) is 24.7 Å². The van der Waals surface area contributed by atoms with Gasteiger partial charge in [-0.05, 0) is 55.8 Å². The van der Waals surface area contributed by atoms with E-state index in [1.54, 1.807) is 37.3 Å². The third-order valence-electron chi connectivity index (χ3n) is 4.38. The topological polar surface area (TPSA) is 112 Å². The van der Waals surface area contributed by atoms with Crippen LogP contribution in [-0.2, 0) is 19.4 Å². The second kappa shape index (κ2) is 9.88. The number of hydrogen-bond donors (Lipinski definition) is 1. The summed E-state index contributed by atoms with van der Waals surface area (Å²) < 4.78 is 35.6. The highest BCUT2D eigenvalue weighted by atomic mass is 32.2. The summed E-state index contributed by atoms with van der Waals surface area (Å²) in [5.41, 5.74) is 1.06. The molecular formula is C21H22N2O6S2. The van der Waals surface area contributed by atoms with Crippen LogP contribution in [0.2, 0.25) is 0 Å². The summed E-state index contributed by atoms with van der Waals surface area (Å²) in [6, 6.07) is 11.1. The fourth-order valence-electron chi connectivity index (χ4n) is 2.82. The summed E-state index contributed by atoms with van der Waals surface area (Å²) in [5, 5.41) is 3.08. The van der Waals surface area contributed by atoms with Crippen molar-refractivity contribution in [2.24, 2.45) is 0 Å². The first-order valence-electron chi connectivity index (χ1n) is 9.57. The van der Waals surface area contributed by atoms with Gasteiger partial charge in [0.1, 0.15) is 5.75 Å². The van der Waals surface area contributed by atoms with E-state index in [4.69, 9.17) is 9.47 Å². The lowest BCUT2D eigenvalue weighted by Crippen LogP contribution is -2.14. The molecule has 0 atom stereocenters. The number of benzene rings is 2. The Balaban J connectivity index is 1.56. The van der Waals surface area contributed by atoms with E-state index in [0.29, 0.717) is 22.0 Å². The van der Waals surface area contributed by atoms with Crippen molar-refractivity contribution in [2.75, 3.05) is 24.8 Å². The monoisotopic (exact) mass is 462 g/mol. The van der Waals surface area contributed by atoms with E-state index in [0.717, 1.165) is 4.70 Å². The lowest BCUT2D eigenvalue weighted by molar-refractivity contribution is -0.116. The Morgan fingerprint density at radius 1 is 1.13 bits per heavy atom. The number of esters is 1. The molecule has 1 amide bonds. The number of carbonyl (C=O) groups excluding carboxylic acids is 2. The summed E-state index contributed by atoms with van der Waals surface area (Å²) in [6.07, 6.45) is 0.220. The van der Waals surface area contributed by atoms with Gasteiger partial charge in [-0.3, -0.25) is 4.79 Å². The molecule has 0 aliphatic carbocycles. The minimum absolute atomic E-state index is 0.0411. The third-order valence-corrected chi connectivity index (χ3v) is 7.13. The van der Waals surface area contributed by atoms with Crippen LogP contribution >= 0.6 is 11.3 Å². The van der Waals surface area contributed by atoms with Crippen molar-refractivity contribution in [3.8, 4) is 5.75 Å². The Kier molecular flexibility index (Phi) is 7.24. The van der Waals surface area contributed by atoms with E-state index in [9.17, 15) is 18.0 Å². The van der Waals surface area contributed by atoms with E-state index in [-0.39, 0.29) is 36.0 Å². The van der Waals surface area contributed by atoms with E-state index in [2.05, 4.69) is 10.3 Å². The molecule has 0 bridgehead atoms. The number of carbonyl (C=O) groups is 2. The summed E-state index contributed by atoms with van der Waals surface area (Å²) in [7, 11) is -1.98. The van der Waals surface area contributed by atoms with Crippen LogP contribution in [0.25, 0.3) is 10.2 Å². The lowest BCUT2D eigenvalue weighted by atomic mass is 10.2. The second-order valence-electron chi connectivity index (χ2n) is 6.57. The maximum absolute atomic E-state index is 12.4. The Bertz CT molecular complexity index is 1190. The molecule has 31 heavy (non-hydrogen) atoms. The van der Waals surface area contributed by atoms with Crippen LogP contribution in [0.1, 0.15) is 30.1 Å². The Morgan fingerprint density at radius 2 is 1.87 bits per heavy atom. The van der Waals surface area contributed by atoms with Crippen LogP contribution in [0, 0.1) is 0 Å². The van der Waals surface area contributed by atoms with Crippen molar-refractivity contribution in [3.63, 3.8) is 0 Å². The predicted molar refractivity (Wildman–Crippen MR) is 118 cm³/mol. The smallest absolute Gasteiger partial charge is 0.338 e. The van der Waals surface area contributed by atoms with Crippen molar-refractivity contribution < 1.29 is 27.5 Å². The van der Waals surface area contributed by atoms with Crippen LogP contribution in [0.5, 0.6) is 5.75 Å². The quantitative estimate of drug-likeness (QED) is 0.483. The van der Waals surface area contributed by atoms with Gasteiger partial charge in [0.05, 0.1) is 40.1 Å². The number of sulfone groups is 1. The molecule has 0 saturated heterocycles. The standard InChI is InChI=1S/C21H22N2O6S2/c1-3-29-20(25)14-6-11-17-18(13-14)30-21(22-17)23-19(24)5-4-12-31(26,27)16-9-7-15(28-2)8-10-16/h6-11,13H,3-5,12H2,1-2H3,(H,22,23,24). The summed E-state index contributed by atoms with van der Waals surface area (Å²) in [4.78, 5) is 28.6. The lowest BCUT2D eigenvalue weighted by Gasteiger charge is -2.06. The zero-order chi connectivity index (χ0) is 22.4. The number of ether oxygens (including phenoxy) is 2. The molecule has 0 unspecified atom stereocenters. The molecule has 0 saturated carbocycles. The average molecular weight is 463 g/mol. The number of aromatic nitrogens is 1. The summed E-state index contributed by atoms with van der Waals surface area (Å²) >= 11 is 1.23. The second-order valence-corrected chi connectivity index (χ2v) is 9.71. The van der Waals surface area contributed by atoms with Crippen molar-refractivity contribution in [3.05, 3.63) is 48.0 Å². The molecule has 0 spiro atoms. The highest BCUT2D eigenvalue weighted by molar-refractivity contribution is 7.91. The van der Waals surface area contributed by atoms with Gasteiger partial charge in [0.15, 0.2) is 15.0 Å². The fourth-order valence-corrected chi connectivity index (χ4v) is 5.06. The van der Waals surface area contributed by atoms with Crippen molar-refractivity contribution in [1.82, 2.24) is 4.98 Å². The van der Waals surface area contributed by atoms with Gasteiger partial charge in [0.2, 0.25) is 5.91 Å². The zero-order valence-corrected chi connectivity index (χ0v) is 18.7. The largest absolute Gasteiger partial charge is 0.497 e. The molecule has 0 fully saturated rings. The van der Waals surface area contributed by atoms with E-state index in [1.165, 1.54) is 30.6 Å². The van der Waals surface area contributed by atoms with Gasteiger partial charge in [-0.1, -0.05) is 11.3 Å². The molecule has 0 aliphatic heterocycles. The number of hydrogen-bond acceptors (Lipinski definition) is 8. The number of amides is 1. The molecule has 3 rings (SSSR count). The molecule has 0 aliphatic rings. The first-order valence-corrected chi connectivity index (χ1v) is 12.0. The van der Waals surface area contributed by atoms with Gasteiger partial charge in [-0.25, -0.2) is 18.2 Å². The number of anilines is 1. The van der Waals surface area contributed by atoms with Gasteiger partial charge in [0.25, 0.3) is 0 Å². The number of nitrogens with zero attached hydrogens (tertiary/aromatic N) is 1. The van der Waals surface area contributed by atoms with Gasteiger partial charge < -0.3 is 14.8 Å². The molecule has 10 heteroatoms. The third kappa shape index (κ3) is 5.80. The number of rotatable bonds is 9. The Morgan fingerprint density at radius 3 is 2.55 bits per heavy atom. The molecule has 2 aromatic carbocycles. The fraction of sp³-hybridized carbons (Fsp3) is 0.286. The normalized spacial score (nSPS) is 11.3. The van der Waals surface area contributed by atoms with Crippen LogP contribution in [0.3, 0.4) is 0 Å². The minimum atomic E-state index is -3.48. The van der Waals surface area contributed by atoms with Gasteiger partial charge >= 0.3 is 5.97 Å². The minimum Gasteiger partial charge on any atom is -0.497 e. The van der Waals surface area contributed by atoms with Gasteiger partial charge in [-0.15, -0.1) is 0 Å². The van der Waals surface area contributed by atoms with Crippen molar-refractivity contribution in [1.29, 1.82) is 0 Å². The summed E-state index contributed by atoms with van der Waals surface area (Å²) in [6.45, 7) is 2.02. The maximum atomic E-state index is 12.4. The highest BCUT2D eigenvalue weighted by Gasteiger charge is 2.16. The van der Waals surface area contributed by atoms with E-state index < -0.39 is 15.8 Å². The molecule has 164 valence electrons. The van der Waals surface area contributed by atoms with Crippen molar-refractivity contribution >= 4 is 48.4 Å². The van der Waals surface area contributed by atoms with E-state index in [1.807, 2.05) is 0 Å². The number of fused-ring (bicyclic) bond motifs is 1. The predicted octanol–water partition coefficient (Wildman–Crippen LogP) is 3.67. The van der Waals surface area contributed by atoms with E-state index >= 15 is 0 Å². The van der Waals surface area contributed by atoms with Gasteiger partial charge in [0, 0.05) is 6.42 Å². The van der Waals surface area contributed by atoms with Crippen LogP contribution < -0.4 is 10.1 Å². The number of thiazole rings is 1. The first kappa shape index (κ1) is 22.7. The Labute approximate surface area is 184 Å². The molecular weight excluding hydrogens is 440 g/mol. The first-order chi connectivity index (χ1) is 14.8. The molecule has 1 aromatic heterocycles. The zero-order valence-electron chi connectivity index (χ0n) is 17.1. The molecule has 1 N–H and O–H groups in total. The van der Waals surface area contributed by atoms with Gasteiger partial charge in [-0.2, -0.15) is 0 Å². The number of methoxy groups -OCH3 is 1. The summed E-state index contributed by atoms with van der Waals surface area (Å²) in [5.74, 6) is -0.310. The average Bonchev–Trinajstić information content (AvgIpc) is 3.15. The van der Waals surface area contributed by atoms with Crippen LogP contribution in [-0.4, -0.2) is 44.7 Å². The van der Waals surface area contributed by atoms with Crippen LogP contribution in [0.15, 0.2) is 47.4 Å². The molecule has 0 radical (unpaired) electrons.